The van der Waals surface area contributed by atoms with Crippen molar-refractivity contribution in [2.45, 2.75) is 24.8 Å². The summed E-state index contributed by atoms with van der Waals surface area (Å²) >= 11 is 0. The SMILES string of the molecule is CN1CC(CO)CC12CN(C(=O)C1CC=CC1)C2. The van der Waals surface area contributed by atoms with E-state index in [1.807, 2.05) is 4.90 Å². The number of rotatable bonds is 2. The normalized spacial score (nSPS) is 31.2. The van der Waals surface area contributed by atoms with Crippen molar-refractivity contribution in [2.75, 3.05) is 33.3 Å². The molecule has 0 saturated carbocycles. The molecule has 2 fully saturated rings. The van der Waals surface area contributed by atoms with Crippen molar-refractivity contribution in [1.82, 2.24) is 9.80 Å². The van der Waals surface area contributed by atoms with Gasteiger partial charge in [0, 0.05) is 32.2 Å². The molecule has 3 aliphatic rings. The van der Waals surface area contributed by atoms with Crippen molar-refractivity contribution in [3.05, 3.63) is 12.2 Å². The molecule has 1 atom stereocenters. The maximum absolute atomic E-state index is 12.2. The van der Waals surface area contributed by atoms with Gasteiger partial charge < -0.3 is 10.0 Å². The minimum atomic E-state index is 0.162. The molecule has 2 heterocycles. The van der Waals surface area contributed by atoms with Crippen LogP contribution >= 0.6 is 0 Å². The minimum Gasteiger partial charge on any atom is -0.396 e. The van der Waals surface area contributed by atoms with Crippen molar-refractivity contribution in [2.24, 2.45) is 11.8 Å². The number of carbonyl (C=O) groups excluding carboxylic acids is 1. The summed E-state index contributed by atoms with van der Waals surface area (Å²) in [6, 6.07) is 0. The van der Waals surface area contributed by atoms with Crippen LogP contribution in [0.4, 0.5) is 0 Å². The fraction of sp³-hybridized carbons (Fsp3) is 0.786. The van der Waals surface area contributed by atoms with Crippen LogP contribution in [0.2, 0.25) is 0 Å². The van der Waals surface area contributed by atoms with Crippen molar-refractivity contribution in [1.29, 1.82) is 0 Å². The third-order valence-electron chi connectivity index (χ3n) is 4.91. The molecule has 100 valence electrons. The van der Waals surface area contributed by atoms with Gasteiger partial charge in [-0.05, 0) is 32.2 Å². The van der Waals surface area contributed by atoms with Gasteiger partial charge in [0.1, 0.15) is 0 Å². The summed E-state index contributed by atoms with van der Waals surface area (Å²) in [5.74, 6) is 0.912. The Labute approximate surface area is 108 Å². The van der Waals surface area contributed by atoms with E-state index in [4.69, 9.17) is 0 Å². The second kappa shape index (κ2) is 4.35. The Hall–Kier alpha value is -0.870. The van der Waals surface area contributed by atoms with Gasteiger partial charge in [-0.3, -0.25) is 9.69 Å². The lowest BCUT2D eigenvalue weighted by molar-refractivity contribution is -0.147. The summed E-state index contributed by atoms with van der Waals surface area (Å²) in [5.41, 5.74) is 0.162. The van der Waals surface area contributed by atoms with E-state index in [9.17, 15) is 9.90 Å². The van der Waals surface area contributed by atoms with E-state index in [2.05, 4.69) is 24.1 Å². The highest BCUT2D eigenvalue weighted by Crippen LogP contribution is 2.40. The van der Waals surface area contributed by atoms with Crippen LogP contribution in [0.25, 0.3) is 0 Å². The molecular formula is C14H22N2O2. The van der Waals surface area contributed by atoms with Gasteiger partial charge in [-0.15, -0.1) is 0 Å². The first kappa shape index (κ1) is 12.2. The quantitative estimate of drug-likeness (QED) is 0.725. The van der Waals surface area contributed by atoms with Gasteiger partial charge >= 0.3 is 0 Å². The second-order valence-corrected chi connectivity index (χ2v) is 6.19. The molecular weight excluding hydrogens is 228 g/mol. The number of hydrogen-bond acceptors (Lipinski definition) is 3. The van der Waals surface area contributed by atoms with Crippen molar-refractivity contribution >= 4 is 5.91 Å². The number of aliphatic hydroxyl groups excluding tert-OH is 1. The number of likely N-dealkylation sites (tertiary alicyclic amines) is 2. The van der Waals surface area contributed by atoms with E-state index >= 15 is 0 Å². The smallest absolute Gasteiger partial charge is 0.226 e. The van der Waals surface area contributed by atoms with Crippen LogP contribution in [0.5, 0.6) is 0 Å². The highest BCUT2D eigenvalue weighted by atomic mass is 16.3. The van der Waals surface area contributed by atoms with Crippen LogP contribution < -0.4 is 0 Å². The standard InChI is InChI=1S/C14H22N2O2/c1-15-7-11(8-17)6-14(15)9-16(10-14)13(18)12-4-2-3-5-12/h2-3,11-12,17H,4-10H2,1H3. The molecule has 2 aliphatic heterocycles. The molecule has 1 aliphatic carbocycles. The Balaban J connectivity index is 1.57. The largest absolute Gasteiger partial charge is 0.396 e. The predicted molar refractivity (Wildman–Crippen MR) is 69.0 cm³/mol. The Morgan fingerprint density at radius 1 is 1.39 bits per heavy atom. The topological polar surface area (TPSA) is 43.8 Å². The van der Waals surface area contributed by atoms with E-state index < -0.39 is 0 Å². The molecule has 18 heavy (non-hydrogen) atoms. The highest BCUT2D eigenvalue weighted by Gasteiger charge is 2.53. The second-order valence-electron chi connectivity index (χ2n) is 6.19. The van der Waals surface area contributed by atoms with E-state index in [-0.39, 0.29) is 18.1 Å². The summed E-state index contributed by atoms with van der Waals surface area (Å²) < 4.78 is 0. The van der Waals surface area contributed by atoms with Crippen LogP contribution in [-0.2, 0) is 4.79 Å². The number of aliphatic hydroxyl groups is 1. The summed E-state index contributed by atoms with van der Waals surface area (Å²) in [5, 5.41) is 9.27. The van der Waals surface area contributed by atoms with Gasteiger partial charge in [-0.1, -0.05) is 12.2 Å². The molecule has 2 saturated heterocycles. The molecule has 1 amide bonds. The fourth-order valence-corrected chi connectivity index (χ4v) is 3.73. The zero-order valence-corrected chi connectivity index (χ0v) is 11.0. The number of carbonyl (C=O) groups is 1. The van der Waals surface area contributed by atoms with Crippen LogP contribution in [-0.4, -0.2) is 59.6 Å². The molecule has 4 heteroatoms. The molecule has 0 aromatic rings. The highest BCUT2D eigenvalue weighted by molar-refractivity contribution is 5.81. The third-order valence-corrected chi connectivity index (χ3v) is 4.91. The molecule has 0 aromatic heterocycles. The summed E-state index contributed by atoms with van der Waals surface area (Å²) in [4.78, 5) is 16.6. The molecule has 0 aromatic carbocycles. The van der Waals surface area contributed by atoms with Gasteiger partial charge in [-0.2, -0.15) is 0 Å². The van der Waals surface area contributed by atoms with Gasteiger partial charge in [0.2, 0.25) is 5.91 Å². The van der Waals surface area contributed by atoms with E-state index in [0.717, 1.165) is 38.9 Å². The zero-order chi connectivity index (χ0) is 12.8. The average molecular weight is 250 g/mol. The van der Waals surface area contributed by atoms with E-state index in [1.54, 1.807) is 0 Å². The molecule has 0 radical (unpaired) electrons. The first-order chi connectivity index (χ1) is 8.64. The van der Waals surface area contributed by atoms with Gasteiger partial charge in [0.15, 0.2) is 0 Å². The predicted octanol–water partition coefficient (Wildman–Crippen LogP) is 0.478. The fourth-order valence-electron chi connectivity index (χ4n) is 3.73. The number of nitrogens with zero attached hydrogens (tertiary/aromatic N) is 2. The van der Waals surface area contributed by atoms with Crippen LogP contribution in [0, 0.1) is 11.8 Å². The van der Waals surface area contributed by atoms with E-state index in [0.29, 0.717) is 11.8 Å². The monoisotopic (exact) mass is 250 g/mol. The molecule has 4 nitrogen and oxygen atoms in total. The van der Waals surface area contributed by atoms with Crippen LogP contribution in [0.1, 0.15) is 19.3 Å². The van der Waals surface area contributed by atoms with E-state index in [1.165, 1.54) is 0 Å². The molecule has 1 N–H and O–H groups in total. The Morgan fingerprint density at radius 3 is 2.61 bits per heavy atom. The minimum absolute atomic E-state index is 0.162. The molecule has 1 unspecified atom stereocenters. The first-order valence-electron chi connectivity index (χ1n) is 6.90. The number of amides is 1. The Morgan fingerprint density at radius 2 is 2.06 bits per heavy atom. The summed E-state index contributed by atoms with van der Waals surface area (Å²) in [6.45, 7) is 2.95. The first-order valence-corrected chi connectivity index (χ1v) is 6.90. The lowest BCUT2D eigenvalue weighted by Crippen LogP contribution is -2.68. The Kier molecular flexibility index (Phi) is 2.94. The van der Waals surface area contributed by atoms with Gasteiger partial charge in [0.25, 0.3) is 0 Å². The van der Waals surface area contributed by atoms with Crippen LogP contribution in [0.15, 0.2) is 12.2 Å². The molecule has 3 rings (SSSR count). The summed E-state index contributed by atoms with van der Waals surface area (Å²) in [6.07, 6.45) is 7.09. The average Bonchev–Trinajstić information content (AvgIpc) is 2.93. The van der Waals surface area contributed by atoms with Crippen LogP contribution in [0.3, 0.4) is 0 Å². The van der Waals surface area contributed by atoms with Gasteiger partial charge in [-0.25, -0.2) is 0 Å². The third kappa shape index (κ3) is 1.79. The van der Waals surface area contributed by atoms with Gasteiger partial charge in [0.05, 0.1) is 5.54 Å². The van der Waals surface area contributed by atoms with Crippen molar-refractivity contribution < 1.29 is 9.90 Å². The maximum Gasteiger partial charge on any atom is 0.226 e. The Bertz CT molecular complexity index is 366. The molecule has 1 spiro atoms. The van der Waals surface area contributed by atoms with Crippen molar-refractivity contribution in [3.63, 3.8) is 0 Å². The number of hydrogen-bond donors (Lipinski definition) is 1. The lowest BCUT2D eigenvalue weighted by atomic mass is 9.83. The number of allylic oxidation sites excluding steroid dienone is 2. The lowest BCUT2D eigenvalue weighted by Gasteiger charge is -2.52. The maximum atomic E-state index is 12.2. The molecule has 0 bridgehead atoms. The number of likely N-dealkylation sites (N-methyl/N-ethyl adjacent to an activating group) is 1. The summed E-state index contributed by atoms with van der Waals surface area (Å²) in [7, 11) is 2.12. The zero-order valence-electron chi connectivity index (χ0n) is 11.0. The van der Waals surface area contributed by atoms with Crippen molar-refractivity contribution in [3.8, 4) is 0 Å².